The molecule has 0 aliphatic heterocycles. The average molecular weight is 337 g/mol. The predicted molar refractivity (Wildman–Crippen MR) is 88.0 cm³/mol. The summed E-state index contributed by atoms with van der Waals surface area (Å²) >= 11 is 5.62. The van der Waals surface area contributed by atoms with Crippen molar-refractivity contribution in [2.24, 2.45) is 0 Å². The second kappa shape index (κ2) is 6.75. The van der Waals surface area contributed by atoms with Gasteiger partial charge in [-0.3, -0.25) is 10.1 Å². The lowest BCUT2D eigenvalue weighted by Gasteiger charge is -2.19. The molecule has 2 amide bonds. The highest BCUT2D eigenvalue weighted by atomic mass is 35.5. The van der Waals surface area contributed by atoms with Crippen LogP contribution in [0.2, 0.25) is 5.22 Å². The highest BCUT2D eigenvalue weighted by Crippen LogP contribution is 2.18. The van der Waals surface area contributed by atoms with Crippen molar-refractivity contribution in [3.63, 3.8) is 0 Å². The number of rotatable bonds is 3. The Balaban J connectivity index is 1.94. The van der Waals surface area contributed by atoms with Gasteiger partial charge in [0.25, 0.3) is 5.91 Å². The summed E-state index contributed by atoms with van der Waals surface area (Å²) in [6, 6.07) is 9.56. The topological polar surface area (TPSA) is 80.6 Å². The van der Waals surface area contributed by atoms with Crippen LogP contribution in [0.3, 0.4) is 0 Å². The first-order valence-electron chi connectivity index (χ1n) is 6.90. The number of ether oxygens (including phenoxy) is 1. The van der Waals surface area contributed by atoms with Gasteiger partial charge in [-0.05, 0) is 68.8 Å². The molecular weight excluding hydrogens is 320 g/mol. The predicted octanol–water partition coefficient (Wildman–Crippen LogP) is 4.53. The van der Waals surface area contributed by atoms with Crippen molar-refractivity contribution in [1.29, 1.82) is 0 Å². The van der Waals surface area contributed by atoms with Crippen LogP contribution in [0.4, 0.5) is 16.2 Å². The summed E-state index contributed by atoms with van der Waals surface area (Å²) < 4.78 is 10.2. The van der Waals surface area contributed by atoms with Gasteiger partial charge in [0, 0.05) is 11.4 Å². The third kappa shape index (κ3) is 5.34. The number of carbonyl (C=O) groups excluding carboxylic acids is 2. The van der Waals surface area contributed by atoms with Crippen LogP contribution in [-0.2, 0) is 4.74 Å². The first-order valence-corrected chi connectivity index (χ1v) is 7.27. The van der Waals surface area contributed by atoms with E-state index >= 15 is 0 Å². The molecule has 0 spiro atoms. The third-order valence-corrected chi connectivity index (χ3v) is 2.79. The van der Waals surface area contributed by atoms with Gasteiger partial charge in [-0.2, -0.15) is 0 Å². The Bertz CT molecular complexity index is 702. The molecule has 1 heterocycles. The number of anilines is 2. The van der Waals surface area contributed by atoms with Crippen molar-refractivity contribution in [2.45, 2.75) is 26.4 Å². The normalized spacial score (nSPS) is 11.0. The van der Waals surface area contributed by atoms with Gasteiger partial charge in [-0.15, -0.1) is 0 Å². The number of hydrogen-bond donors (Lipinski definition) is 2. The molecule has 0 radical (unpaired) electrons. The van der Waals surface area contributed by atoms with E-state index in [-0.39, 0.29) is 11.0 Å². The monoisotopic (exact) mass is 336 g/mol. The largest absolute Gasteiger partial charge is 0.444 e. The Morgan fingerprint density at radius 3 is 2.04 bits per heavy atom. The molecule has 0 bridgehead atoms. The number of carbonyl (C=O) groups is 2. The van der Waals surface area contributed by atoms with Crippen LogP contribution < -0.4 is 10.6 Å². The quantitative estimate of drug-likeness (QED) is 0.862. The van der Waals surface area contributed by atoms with Gasteiger partial charge < -0.3 is 14.5 Å². The highest BCUT2D eigenvalue weighted by molar-refractivity contribution is 6.29. The first-order chi connectivity index (χ1) is 10.7. The summed E-state index contributed by atoms with van der Waals surface area (Å²) in [6.45, 7) is 5.35. The second-order valence-electron chi connectivity index (χ2n) is 5.76. The summed E-state index contributed by atoms with van der Waals surface area (Å²) in [7, 11) is 0. The molecule has 0 fully saturated rings. The van der Waals surface area contributed by atoms with Crippen LogP contribution in [0, 0.1) is 0 Å². The van der Waals surface area contributed by atoms with Crippen molar-refractivity contribution in [1.82, 2.24) is 0 Å². The molecular formula is C16H17ClN2O4. The second-order valence-corrected chi connectivity index (χ2v) is 6.13. The van der Waals surface area contributed by atoms with Crippen molar-refractivity contribution in [3.05, 3.63) is 47.4 Å². The molecule has 0 aliphatic rings. The summed E-state index contributed by atoms with van der Waals surface area (Å²) in [5.74, 6) is -0.296. The summed E-state index contributed by atoms with van der Waals surface area (Å²) in [5.41, 5.74) is 0.540. The Morgan fingerprint density at radius 2 is 1.57 bits per heavy atom. The molecule has 1 aromatic heterocycles. The van der Waals surface area contributed by atoms with E-state index < -0.39 is 17.6 Å². The van der Waals surface area contributed by atoms with Gasteiger partial charge in [0.05, 0.1) is 0 Å². The molecule has 0 aliphatic carbocycles. The van der Waals surface area contributed by atoms with Crippen LogP contribution >= 0.6 is 11.6 Å². The molecule has 6 nitrogen and oxygen atoms in total. The average Bonchev–Trinajstić information content (AvgIpc) is 2.85. The van der Waals surface area contributed by atoms with Crippen LogP contribution in [0.1, 0.15) is 31.3 Å². The van der Waals surface area contributed by atoms with Crippen LogP contribution in [0.25, 0.3) is 0 Å². The molecule has 2 aromatic rings. The van der Waals surface area contributed by atoms with Crippen molar-refractivity contribution in [2.75, 3.05) is 10.6 Å². The minimum atomic E-state index is -0.567. The van der Waals surface area contributed by atoms with Crippen molar-refractivity contribution in [3.8, 4) is 0 Å². The maximum Gasteiger partial charge on any atom is 0.412 e. The van der Waals surface area contributed by atoms with Crippen molar-refractivity contribution < 1.29 is 18.7 Å². The van der Waals surface area contributed by atoms with Gasteiger partial charge in [0.15, 0.2) is 11.0 Å². The van der Waals surface area contributed by atoms with Gasteiger partial charge in [0.2, 0.25) is 0 Å². The van der Waals surface area contributed by atoms with E-state index in [0.717, 1.165) is 0 Å². The maximum absolute atomic E-state index is 11.9. The number of furan rings is 1. The standard InChI is InChI=1S/C16H17ClN2O4/c1-16(2,3)23-15(21)19-11-6-4-10(5-7-11)18-14(20)12-8-9-13(17)22-12/h4-9H,1-3H3,(H,18,20)(H,19,21). The zero-order valence-electron chi connectivity index (χ0n) is 13.0. The van der Waals surface area contributed by atoms with E-state index in [9.17, 15) is 9.59 Å². The molecule has 0 saturated carbocycles. The van der Waals surface area contributed by atoms with E-state index in [0.29, 0.717) is 11.4 Å². The van der Waals surface area contributed by atoms with E-state index in [2.05, 4.69) is 10.6 Å². The van der Waals surface area contributed by atoms with Gasteiger partial charge >= 0.3 is 6.09 Å². The van der Waals surface area contributed by atoms with E-state index in [1.807, 2.05) is 0 Å². The highest BCUT2D eigenvalue weighted by Gasteiger charge is 2.16. The van der Waals surface area contributed by atoms with E-state index in [4.69, 9.17) is 20.8 Å². The smallest absolute Gasteiger partial charge is 0.412 e. The lowest BCUT2D eigenvalue weighted by Crippen LogP contribution is -2.27. The Hall–Kier alpha value is -2.47. The van der Waals surface area contributed by atoms with Crippen LogP contribution in [-0.4, -0.2) is 17.6 Å². The van der Waals surface area contributed by atoms with Gasteiger partial charge in [0.1, 0.15) is 5.60 Å². The first kappa shape index (κ1) is 16.9. The number of amides is 2. The lowest BCUT2D eigenvalue weighted by atomic mass is 10.2. The number of hydrogen-bond acceptors (Lipinski definition) is 4. The summed E-state index contributed by atoms with van der Waals surface area (Å²) in [5, 5.41) is 5.40. The SMILES string of the molecule is CC(C)(C)OC(=O)Nc1ccc(NC(=O)c2ccc(Cl)o2)cc1. The molecule has 0 atom stereocenters. The zero-order chi connectivity index (χ0) is 17.0. The molecule has 2 N–H and O–H groups in total. The van der Waals surface area contributed by atoms with Crippen LogP contribution in [0.15, 0.2) is 40.8 Å². The minimum absolute atomic E-state index is 0.117. The molecule has 1 aromatic carbocycles. The van der Waals surface area contributed by atoms with E-state index in [1.165, 1.54) is 12.1 Å². The molecule has 23 heavy (non-hydrogen) atoms. The fraction of sp³-hybridized carbons (Fsp3) is 0.250. The Morgan fingerprint density at radius 1 is 1.00 bits per heavy atom. The molecule has 7 heteroatoms. The fourth-order valence-corrected chi connectivity index (χ4v) is 1.83. The summed E-state index contributed by atoms with van der Waals surface area (Å²) in [6.07, 6.45) is -0.542. The Kier molecular flexibility index (Phi) is 4.95. The molecule has 2 rings (SSSR count). The van der Waals surface area contributed by atoms with Gasteiger partial charge in [-0.25, -0.2) is 4.79 Å². The number of nitrogens with one attached hydrogen (secondary N) is 2. The maximum atomic E-state index is 11.9. The fourth-order valence-electron chi connectivity index (χ4n) is 1.69. The van der Waals surface area contributed by atoms with Crippen molar-refractivity contribution >= 4 is 35.0 Å². The Labute approximate surface area is 138 Å². The lowest BCUT2D eigenvalue weighted by molar-refractivity contribution is 0.0635. The van der Waals surface area contributed by atoms with Crippen LogP contribution in [0.5, 0.6) is 0 Å². The van der Waals surface area contributed by atoms with Gasteiger partial charge in [-0.1, -0.05) is 0 Å². The number of halogens is 1. The zero-order valence-corrected chi connectivity index (χ0v) is 13.7. The van der Waals surface area contributed by atoms with E-state index in [1.54, 1.807) is 45.0 Å². The third-order valence-electron chi connectivity index (χ3n) is 2.59. The molecule has 122 valence electrons. The minimum Gasteiger partial charge on any atom is -0.444 e. The summed E-state index contributed by atoms with van der Waals surface area (Å²) in [4.78, 5) is 23.5. The molecule has 0 saturated heterocycles. The number of benzene rings is 1. The molecule has 0 unspecified atom stereocenters.